The highest BCUT2D eigenvalue weighted by molar-refractivity contribution is 9.10. The molecule has 24 heavy (non-hydrogen) atoms. The standard InChI is InChI=1S/C19H13BrClN3/c20-13-3-8-16(9-4-13)24-18-10-5-14(21)11-17(18)23-19(24)12-1-6-15(22)7-2-12/h1-11H,22H2. The second-order valence-electron chi connectivity index (χ2n) is 5.50. The van der Waals surface area contributed by atoms with Gasteiger partial charge in [-0.3, -0.25) is 4.57 Å². The summed E-state index contributed by atoms with van der Waals surface area (Å²) in [5.74, 6) is 0.856. The van der Waals surface area contributed by atoms with Crippen molar-refractivity contribution in [2.75, 3.05) is 5.73 Å². The maximum Gasteiger partial charge on any atom is 0.145 e. The maximum atomic E-state index is 6.14. The summed E-state index contributed by atoms with van der Waals surface area (Å²) in [7, 11) is 0. The van der Waals surface area contributed by atoms with E-state index in [1.54, 1.807) is 0 Å². The topological polar surface area (TPSA) is 43.8 Å². The number of nitrogens with zero attached hydrogens (tertiary/aromatic N) is 2. The largest absolute Gasteiger partial charge is 0.399 e. The molecule has 118 valence electrons. The molecule has 0 aliphatic heterocycles. The summed E-state index contributed by atoms with van der Waals surface area (Å²) >= 11 is 9.63. The molecular weight excluding hydrogens is 386 g/mol. The van der Waals surface area contributed by atoms with Gasteiger partial charge in [0.1, 0.15) is 5.82 Å². The van der Waals surface area contributed by atoms with Crippen molar-refractivity contribution in [1.82, 2.24) is 9.55 Å². The van der Waals surface area contributed by atoms with E-state index in [2.05, 4.69) is 32.6 Å². The van der Waals surface area contributed by atoms with Gasteiger partial charge < -0.3 is 5.73 Å². The van der Waals surface area contributed by atoms with Crippen LogP contribution in [0, 0.1) is 0 Å². The third-order valence-corrected chi connectivity index (χ3v) is 4.63. The van der Waals surface area contributed by atoms with E-state index in [9.17, 15) is 0 Å². The molecule has 1 aromatic heterocycles. The fourth-order valence-corrected chi connectivity index (χ4v) is 3.16. The lowest BCUT2D eigenvalue weighted by molar-refractivity contribution is 1.10. The Labute approximate surface area is 152 Å². The summed E-state index contributed by atoms with van der Waals surface area (Å²) in [5.41, 5.74) is 10.4. The van der Waals surface area contributed by atoms with Crippen LogP contribution in [0.15, 0.2) is 71.2 Å². The first kappa shape index (κ1) is 15.2. The molecule has 5 heteroatoms. The maximum absolute atomic E-state index is 6.14. The highest BCUT2D eigenvalue weighted by Crippen LogP contribution is 2.30. The number of nitrogens with two attached hydrogens (primary N) is 1. The number of anilines is 1. The average molecular weight is 399 g/mol. The zero-order chi connectivity index (χ0) is 16.7. The lowest BCUT2D eigenvalue weighted by Crippen LogP contribution is -1.97. The molecule has 0 fully saturated rings. The lowest BCUT2D eigenvalue weighted by atomic mass is 10.2. The summed E-state index contributed by atoms with van der Waals surface area (Å²) in [6, 6.07) is 21.6. The third kappa shape index (κ3) is 2.68. The molecule has 0 saturated heterocycles. The molecule has 0 bridgehead atoms. The van der Waals surface area contributed by atoms with Crippen LogP contribution in [0.3, 0.4) is 0 Å². The minimum Gasteiger partial charge on any atom is -0.399 e. The molecule has 4 aromatic rings. The number of imidazole rings is 1. The van der Waals surface area contributed by atoms with Gasteiger partial charge in [0.05, 0.1) is 11.0 Å². The van der Waals surface area contributed by atoms with Gasteiger partial charge in [-0.05, 0) is 66.7 Å². The van der Waals surface area contributed by atoms with Gasteiger partial charge in [-0.25, -0.2) is 4.98 Å². The lowest BCUT2D eigenvalue weighted by Gasteiger charge is -2.10. The van der Waals surface area contributed by atoms with E-state index in [0.717, 1.165) is 38.3 Å². The molecule has 0 amide bonds. The Morgan fingerprint density at radius 2 is 1.62 bits per heavy atom. The molecule has 0 radical (unpaired) electrons. The molecule has 4 rings (SSSR count). The zero-order valence-corrected chi connectivity index (χ0v) is 14.9. The Bertz CT molecular complexity index is 1020. The van der Waals surface area contributed by atoms with Crippen LogP contribution < -0.4 is 5.73 Å². The van der Waals surface area contributed by atoms with Crippen molar-refractivity contribution in [3.63, 3.8) is 0 Å². The molecular formula is C19H13BrClN3. The van der Waals surface area contributed by atoms with Crippen LogP contribution in [0.5, 0.6) is 0 Å². The predicted molar refractivity (Wildman–Crippen MR) is 104 cm³/mol. The molecule has 3 nitrogen and oxygen atoms in total. The van der Waals surface area contributed by atoms with Crippen LogP contribution in [0.2, 0.25) is 5.02 Å². The van der Waals surface area contributed by atoms with Crippen LogP contribution in [0.25, 0.3) is 28.1 Å². The molecule has 2 N–H and O–H groups in total. The molecule has 0 aliphatic rings. The number of hydrogen-bond acceptors (Lipinski definition) is 2. The van der Waals surface area contributed by atoms with Gasteiger partial charge in [-0.15, -0.1) is 0 Å². The highest BCUT2D eigenvalue weighted by Gasteiger charge is 2.14. The summed E-state index contributed by atoms with van der Waals surface area (Å²) in [5, 5.41) is 0.673. The van der Waals surface area contributed by atoms with Crippen molar-refractivity contribution in [2.45, 2.75) is 0 Å². The van der Waals surface area contributed by atoms with E-state index in [1.165, 1.54) is 0 Å². The molecule has 0 unspecified atom stereocenters. The first-order valence-corrected chi connectivity index (χ1v) is 8.59. The van der Waals surface area contributed by atoms with Crippen molar-refractivity contribution in [3.8, 4) is 17.1 Å². The second-order valence-corrected chi connectivity index (χ2v) is 6.85. The number of fused-ring (bicyclic) bond motifs is 1. The quantitative estimate of drug-likeness (QED) is 0.441. The first-order valence-electron chi connectivity index (χ1n) is 7.42. The smallest absolute Gasteiger partial charge is 0.145 e. The van der Waals surface area contributed by atoms with Crippen molar-refractivity contribution < 1.29 is 0 Å². The van der Waals surface area contributed by atoms with Crippen molar-refractivity contribution in [3.05, 3.63) is 76.2 Å². The zero-order valence-electron chi connectivity index (χ0n) is 12.6. The Balaban J connectivity index is 2.02. The average Bonchev–Trinajstić information content (AvgIpc) is 2.94. The van der Waals surface area contributed by atoms with Gasteiger partial charge in [0.2, 0.25) is 0 Å². The highest BCUT2D eigenvalue weighted by atomic mass is 79.9. The Hall–Kier alpha value is -2.30. The SMILES string of the molecule is Nc1ccc(-c2nc3cc(Cl)ccc3n2-c2ccc(Br)cc2)cc1. The number of halogens is 2. The Morgan fingerprint density at radius 3 is 2.33 bits per heavy atom. The summed E-state index contributed by atoms with van der Waals surface area (Å²) in [6.45, 7) is 0. The molecule has 0 aliphatic carbocycles. The van der Waals surface area contributed by atoms with Crippen LogP contribution in [-0.4, -0.2) is 9.55 Å². The molecule has 3 aromatic carbocycles. The van der Waals surface area contributed by atoms with Gasteiger partial charge >= 0.3 is 0 Å². The number of hydrogen-bond donors (Lipinski definition) is 1. The normalized spacial score (nSPS) is 11.1. The van der Waals surface area contributed by atoms with E-state index < -0.39 is 0 Å². The molecule has 0 atom stereocenters. The number of rotatable bonds is 2. The van der Waals surface area contributed by atoms with E-state index >= 15 is 0 Å². The van der Waals surface area contributed by atoms with Crippen LogP contribution in [0.1, 0.15) is 0 Å². The summed E-state index contributed by atoms with van der Waals surface area (Å²) in [4.78, 5) is 4.80. The molecule has 0 saturated carbocycles. The minimum atomic E-state index is 0.673. The van der Waals surface area contributed by atoms with E-state index in [1.807, 2.05) is 54.6 Å². The fraction of sp³-hybridized carbons (Fsp3) is 0. The van der Waals surface area contributed by atoms with E-state index in [-0.39, 0.29) is 0 Å². The van der Waals surface area contributed by atoms with E-state index in [4.69, 9.17) is 22.3 Å². The Morgan fingerprint density at radius 1 is 0.917 bits per heavy atom. The first-order chi connectivity index (χ1) is 11.6. The summed E-state index contributed by atoms with van der Waals surface area (Å²) < 4.78 is 3.16. The van der Waals surface area contributed by atoms with Gasteiger partial charge in [0.25, 0.3) is 0 Å². The number of benzene rings is 3. The number of nitrogen functional groups attached to an aromatic ring is 1. The summed E-state index contributed by atoms with van der Waals surface area (Å²) in [6.07, 6.45) is 0. The van der Waals surface area contributed by atoms with E-state index in [0.29, 0.717) is 5.02 Å². The predicted octanol–water partition coefficient (Wildman–Crippen LogP) is 5.69. The second kappa shape index (κ2) is 5.96. The van der Waals surface area contributed by atoms with Crippen molar-refractivity contribution in [1.29, 1.82) is 0 Å². The fourth-order valence-electron chi connectivity index (χ4n) is 2.73. The number of aromatic nitrogens is 2. The van der Waals surface area contributed by atoms with Crippen LogP contribution in [0.4, 0.5) is 5.69 Å². The van der Waals surface area contributed by atoms with Crippen molar-refractivity contribution >= 4 is 44.3 Å². The van der Waals surface area contributed by atoms with Crippen LogP contribution in [-0.2, 0) is 0 Å². The van der Waals surface area contributed by atoms with Crippen molar-refractivity contribution in [2.24, 2.45) is 0 Å². The third-order valence-electron chi connectivity index (χ3n) is 3.87. The van der Waals surface area contributed by atoms with Crippen LogP contribution >= 0.6 is 27.5 Å². The van der Waals surface area contributed by atoms with Gasteiger partial charge in [-0.2, -0.15) is 0 Å². The van der Waals surface area contributed by atoms with Gasteiger partial charge in [-0.1, -0.05) is 27.5 Å². The van der Waals surface area contributed by atoms with Gasteiger partial charge in [0, 0.05) is 26.4 Å². The minimum absolute atomic E-state index is 0.673. The van der Waals surface area contributed by atoms with Gasteiger partial charge in [0.15, 0.2) is 0 Å². The Kier molecular flexibility index (Phi) is 3.79. The molecule has 1 heterocycles. The molecule has 0 spiro atoms. The monoisotopic (exact) mass is 397 g/mol.